The minimum Gasteiger partial charge on any atom is -0.379 e. The van der Waals surface area contributed by atoms with E-state index in [1.165, 1.54) is 0 Å². The summed E-state index contributed by atoms with van der Waals surface area (Å²) in [6, 6.07) is 9.79. The number of ether oxygens (including phenoxy) is 1. The molecule has 1 amide bonds. The zero-order chi connectivity index (χ0) is 16.1. The summed E-state index contributed by atoms with van der Waals surface area (Å²) in [7, 11) is 0. The second kappa shape index (κ2) is 7.39. The lowest BCUT2D eigenvalue weighted by atomic mass is 10.1. The van der Waals surface area contributed by atoms with E-state index in [9.17, 15) is 4.79 Å². The Labute approximate surface area is 136 Å². The maximum absolute atomic E-state index is 12.3. The molecule has 1 aliphatic heterocycles. The lowest BCUT2D eigenvalue weighted by Gasteiger charge is -2.26. The lowest BCUT2D eigenvalue weighted by Crippen LogP contribution is -2.43. The van der Waals surface area contributed by atoms with Crippen LogP contribution in [0.1, 0.15) is 18.5 Å². The minimum absolute atomic E-state index is 0.0367. The van der Waals surface area contributed by atoms with Gasteiger partial charge in [0, 0.05) is 25.5 Å². The molecule has 3 rings (SSSR count). The number of carbonyl (C=O) groups excluding carboxylic acids is 1. The third kappa shape index (κ3) is 3.97. The van der Waals surface area contributed by atoms with Gasteiger partial charge in [-0.2, -0.15) is 5.10 Å². The summed E-state index contributed by atoms with van der Waals surface area (Å²) < 4.78 is 7.13. The summed E-state index contributed by atoms with van der Waals surface area (Å²) in [5.74, 6) is 0.0367. The van der Waals surface area contributed by atoms with Crippen molar-refractivity contribution < 1.29 is 9.53 Å². The van der Waals surface area contributed by atoms with E-state index in [0.717, 1.165) is 24.3 Å². The molecule has 1 aliphatic rings. The molecular weight excluding hydrogens is 292 g/mol. The van der Waals surface area contributed by atoms with E-state index in [-0.39, 0.29) is 11.9 Å². The van der Waals surface area contributed by atoms with Gasteiger partial charge in [-0.3, -0.25) is 9.69 Å². The Morgan fingerprint density at radius 1 is 1.30 bits per heavy atom. The Morgan fingerprint density at radius 3 is 2.83 bits per heavy atom. The van der Waals surface area contributed by atoms with Crippen LogP contribution in [0.2, 0.25) is 0 Å². The molecule has 1 fully saturated rings. The monoisotopic (exact) mass is 314 g/mol. The maximum atomic E-state index is 12.3. The molecule has 0 saturated carbocycles. The molecule has 6 nitrogen and oxygen atoms in total. The quantitative estimate of drug-likeness (QED) is 0.906. The summed E-state index contributed by atoms with van der Waals surface area (Å²) >= 11 is 0. The van der Waals surface area contributed by atoms with Gasteiger partial charge in [0.2, 0.25) is 5.91 Å². The van der Waals surface area contributed by atoms with E-state index in [0.29, 0.717) is 19.8 Å². The molecule has 0 unspecified atom stereocenters. The van der Waals surface area contributed by atoms with Crippen LogP contribution >= 0.6 is 0 Å². The van der Waals surface area contributed by atoms with Crippen LogP contribution in [-0.4, -0.2) is 53.4 Å². The molecule has 122 valence electrons. The van der Waals surface area contributed by atoms with E-state index in [1.54, 1.807) is 6.20 Å². The van der Waals surface area contributed by atoms with Crippen LogP contribution in [0.25, 0.3) is 5.69 Å². The highest BCUT2D eigenvalue weighted by Crippen LogP contribution is 2.20. The van der Waals surface area contributed by atoms with E-state index in [1.807, 2.05) is 48.1 Å². The van der Waals surface area contributed by atoms with Crippen molar-refractivity contribution in [2.75, 3.05) is 32.8 Å². The highest BCUT2D eigenvalue weighted by Gasteiger charge is 2.18. The number of para-hydroxylation sites is 1. The van der Waals surface area contributed by atoms with Gasteiger partial charge in [0.05, 0.1) is 31.5 Å². The topological polar surface area (TPSA) is 59.4 Å². The van der Waals surface area contributed by atoms with E-state index in [2.05, 4.69) is 15.3 Å². The fourth-order valence-corrected chi connectivity index (χ4v) is 2.80. The number of morpholine rings is 1. The second-order valence-corrected chi connectivity index (χ2v) is 5.69. The third-order valence-electron chi connectivity index (χ3n) is 4.00. The molecule has 1 atom stereocenters. The van der Waals surface area contributed by atoms with Crippen molar-refractivity contribution in [3.8, 4) is 5.69 Å². The summed E-state index contributed by atoms with van der Waals surface area (Å²) in [6.45, 7) is 5.43. The molecule has 1 N–H and O–H groups in total. The summed E-state index contributed by atoms with van der Waals surface area (Å²) in [5, 5.41) is 7.37. The fourth-order valence-electron chi connectivity index (χ4n) is 2.80. The summed E-state index contributed by atoms with van der Waals surface area (Å²) in [5.41, 5.74) is 2.03. The first-order valence-corrected chi connectivity index (χ1v) is 7.92. The zero-order valence-electron chi connectivity index (χ0n) is 13.3. The molecule has 0 spiro atoms. The van der Waals surface area contributed by atoms with Crippen molar-refractivity contribution in [3.63, 3.8) is 0 Å². The standard InChI is InChI=1S/C17H22N4O2/c1-14(19-17(22)13-20-9-11-23-12-10-20)15-5-2-3-6-16(15)21-8-4-7-18-21/h2-8,14H,9-13H2,1H3,(H,19,22)/t14-/m1/s1. The predicted octanol–water partition coefficient (Wildman–Crippen LogP) is 1.38. The van der Waals surface area contributed by atoms with Crippen LogP contribution < -0.4 is 5.32 Å². The van der Waals surface area contributed by atoms with Crippen molar-refractivity contribution >= 4 is 5.91 Å². The lowest BCUT2D eigenvalue weighted by molar-refractivity contribution is -0.123. The van der Waals surface area contributed by atoms with Gasteiger partial charge in [0.1, 0.15) is 0 Å². The van der Waals surface area contributed by atoms with Crippen molar-refractivity contribution in [1.29, 1.82) is 0 Å². The van der Waals surface area contributed by atoms with Gasteiger partial charge in [-0.05, 0) is 24.6 Å². The number of rotatable bonds is 5. The van der Waals surface area contributed by atoms with Crippen molar-refractivity contribution in [1.82, 2.24) is 20.0 Å². The zero-order valence-corrected chi connectivity index (χ0v) is 13.3. The number of benzene rings is 1. The number of nitrogens with zero attached hydrogens (tertiary/aromatic N) is 3. The molecule has 1 aromatic heterocycles. The largest absolute Gasteiger partial charge is 0.379 e. The molecular formula is C17H22N4O2. The smallest absolute Gasteiger partial charge is 0.234 e. The van der Waals surface area contributed by atoms with Gasteiger partial charge >= 0.3 is 0 Å². The highest BCUT2D eigenvalue weighted by molar-refractivity contribution is 5.78. The maximum Gasteiger partial charge on any atom is 0.234 e. The molecule has 1 aromatic carbocycles. The second-order valence-electron chi connectivity index (χ2n) is 5.69. The van der Waals surface area contributed by atoms with Crippen molar-refractivity contribution in [2.45, 2.75) is 13.0 Å². The van der Waals surface area contributed by atoms with Crippen LogP contribution in [-0.2, 0) is 9.53 Å². The molecule has 0 radical (unpaired) electrons. The first-order valence-electron chi connectivity index (χ1n) is 7.92. The van der Waals surface area contributed by atoms with Crippen LogP contribution in [0, 0.1) is 0 Å². The molecule has 0 aliphatic carbocycles. The SMILES string of the molecule is C[C@@H](NC(=O)CN1CCOCC1)c1ccccc1-n1cccn1. The normalized spacial score (nSPS) is 16.9. The van der Waals surface area contributed by atoms with E-state index < -0.39 is 0 Å². The van der Waals surface area contributed by atoms with Crippen LogP contribution in [0.15, 0.2) is 42.7 Å². The average molecular weight is 314 g/mol. The van der Waals surface area contributed by atoms with E-state index >= 15 is 0 Å². The summed E-state index contributed by atoms with van der Waals surface area (Å²) in [4.78, 5) is 14.4. The fraction of sp³-hybridized carbons (Fsp3) is 0.412. The number of carbonyl (C=O) groups is 1. The summed E-state index contributed by atoms with van der Waals surface area (Å²) in [6.07, 6.45) is 3.65. The Morgan fingerprint density at radius 2 is 2.09 bits per heavy atom. The Kier molecular flexibility index (Phi) is 5.05. The van der Waals surface area contributed by atoms with Crippen molar-refractivity contribution in [3.05, 3.63) is 48.3 Å². The van der Waals surface area contributed by atoms with Gasteiger partial charge in [-0.15, -0.1) is 0 Å². The Hall–Kier alpha value is -2.18. The number of amides is 1. The van der Waals surface area contributed by atoms with Crippen LogP contribution in [0.3, 0.4) is 0 Å². The van der Waals surface area contributed by atoms with Gasteiger partial charge in [-0.25, -0.2) is 4.68 Å². The first kappa shape index (κ1) is 15.7. The average Bonchev–Trinajstić information content (AvgIpc) is 3.10. The third-order valence-corrected chi connectivity index (χ3v) is 4.00. The van der Waals surface area contributed by atoms with Crippen LogP contribution in [0.5, 0.6) is 0 Å². The van der Waals surface area contributed by atoms with Crippen LogP contribution in [0.4, 0.5) is 0 Å². The molecule has 6 heteroatoms. The first-order chi connectivity index (χ1) is 11.2. The molecule has 0 bridgehead atoms. The predicted molar refractivity (Wildman–Crippen MR) is 87.4 cm³/mol. The Balaban J connectivity index is 1.66. The van der Waals surface area contributed by atoms with Gasteiger partial charge in [0.25, 0.3) is 0 Å². The van der Waals surface area contributed by atoms with Crippen molar-refractivity contribution in [2.24, 2.45) is 0 Å². The minimum atomic E-state index is -0.0797. The molecule has 2 heterocycles. The van der Waals surface area contributed by atoms with E-state index in [4.69, 9.17) is 4.74 Å². The Bertz CT molecular complexity index is 636. The number of aromatic nitrogens is 2. The van der Waals surface area contributed by atoms with Gasteiger partial charge < -0.3 is 10.1 Å². The number of hydrogen-bond donors (Lipinski definition) is 1. The van der Waals surface area contributed by atoms with Gasteiger partial charge in [-0.1, -0.05) is 18.2 Å². The molecule has 2 aromatic rings. The van der Waals surface area contributed by atoms with Gasteiger partial charge in [0.15, 0.2) is 0 Å². The number of nitrogens with one attached hydrogen (secondary N) is 1. The number of hydrogen-bond acceptors (Lipinski definition) is 4. The molecule has 1 saturated heterocycles. The molecule has 23 heavy (non-hydrogen) atoms. The highest BCUT2D eigenvalue weighted by atomic mass is 16.5.